The number of hydrogen-bond donors (Lipinski definition) is 0. The van der Waals surface area contributed by atoms with Crippen molar-refractivity contribution in [3.8, 4) is 0 Å². The van der Waals surface area contributed by atoms with Crippen molar-refractivity contribution in [2.24, 2.45) is 0 Å². The summed E-state index contributed by atoms with van der Waals surface area (Å²) < 4.78 is 17.2. The van der Waals surface area contributed by atoms with Crippen LogP contribution in [0.25, 0.3) is 0 Å². The molecule has 0 N–H and O–H groups in total. The second kappa shape index (κ2) is 6.31. The lowest BCUT2D eigenvalue weighted by molar-refractivity contribution is 0.0899. The van der Waals surface area contributed by atoms with E-state index >= 15 is 0 Å². The maximum absolute atomic E-state index is 11.9. The first-order chi connectivity index (χ1) is 9.47. The van der Waals surface area contributed by atoms with Crippen LogP contribution >= 0.6 is 0 Å². The van der Waals surface area contributed by atoms with Gasteiger partial charge in [0.05, 0.1) is 0 Å². The third kappa shape index (κ3) is 4.00. The van der Waals surface area contributed by atoms with Crippen molar-refractivity contribution in [2.45, 2.75) is 24.7 Å². The van der Waals surface area contributed by atoms with Gasteiger partial charge < -0.3 is 9.64 Å². The van der Waals surface area contributed by atoms with Gasteiger partial charge in [-0.25, -0.2) is 4.79 Å². The van der Waals surface area contributed by atoms with Crippen molar-refractivity contribution in [3.63, 3.8) is 0 Å². The first-order valence-corrected chi connectivity index (χ1v) is 8.93. The highest BCUT2D eigenvalue weighted by Gasteiger charge is 2.26. The molecule has 1 aromatic carbocycles. The lowest BCUT2D eigenvalue weighted by Gasteiger charge is -2.31. The molecule has 1 aromatic rings. The molecule has 1 unspecified atom stereocenters. The number of likely N-dealkylation sites (tertiary alicyclic amines) is 1. The Kier molecular flexibility index (Phi) is 4.70. The first-order valence-electron chi connectivity index (χ1n) is 6.73. The fourth-order valence-corrected chi connectivity index (χ4v) is 3.56. The van der Waals surface area contributed by atoms with Gasteiger partial charge in [-0.2, -0.15) is 0 Å². The highest BCUT2D eigenvalue weighted by Crippen LogP contribution is 2.18. The first kappa shape index (κ1) is 14.9. The molecule has 1 amide bonds. The normalized spacial score (nSPS) is 19.4. The van der Waals surface area contributed by atoms with Gasteiger partial charge in [0.25, 0.3) is 0 Å². The average Bonchev–Trinajstić information content (AvgIpc) is 2.45. The molecule has 0 spiro atoms. The fraction of sp³-hybridized carbons (Fsp3) is 0.467. The predicted octanol–water partition coefficient (Wildman–Crippen LogP) is 2.13. The summed E-state index contributed by atoms with van der Waals surface area (Å²) in [6.45, 7) is 1.48. The number of carbonyl (C=O) groups excluding carboxylic acids is 1. The van der Waals surface area contributed by atoms with Crippen molar-refractivity contribution < 1.29 is 13.7 Å². The van der Waals surface area contributed by atoms with Crippen LogP contribution < -0.4 is 0 Å². The number of benzene rings is 1. The van der Waals surface area contributed by atoms with Crippen LogP contribution in [0, 0.1) is 0 Å². The number of amides is 1. The maximum atomic E-state index is 11.9. The smallest absolute Gasteiger partial charge is 0.410 e. The molecule has 4 nitrogen and oxygen atoms in total. The predicted molar refractivity (Wildman–Crippen MR) is 82.4 cm³/mol. The molecule has 0 aliphatic carbocycles. The van der Waals surface area contributed by atoms with E-state index in [1.54, 1.807) is 11.2 Å². The van der Waals surface area contributed by atoms with Crippen LogP contribution in [-0.4, -0.2) is 45.7 Å². The van der Waals surface area contributed by atoms with Crippen LogP contribution in [0.15, 0.2) is 30.3 Å². The summed E-state index contributed by atoms with van der Waals surface area (Å²) in [4.78, 5) is 13.6. The van der Waals surface area contributed by atoms with E-state index in [9.17, 15) is 9.00 Å². The average molecular weight is 295 g/mol. The molecule has 2 rings (SSSR count). The largest absolute Gasteiger partial charge is 0.445 e. The fourth-order valence-electron chi connectivity index (χ4n) is 2.35. The second-order valence-corrected chi connectivity index (χ2v) is 8.11. The second-order valence-electron chi connectivity index (χ2n) is 5.30. The number of carbonyl (C=O) groups is 1. The molecule has 0 saturated carbocycles. The minimum Gasteiger partial charge on any atom is -0.445 e. The van der Waals surface area contributed by atoms with Crippen LogP contribution in [0.4, 0.5) is 4.79 Å². The minimum absolute atomic E-state index is 0.112. The SMILES string of the molecule is C=S(C)(=O)C1CCN(C(=O)OCc2ccccc2)CC1. The number of nitrogens with zero attached hydrogens (tertiary/aromatic N) is 1. The molecule has 1 atom stereocenters. The molecule has 0 radical (unpaired) electrons. The zero-order chi connectivity index (χ0) is 14.6. The summed E-state index contributed by atoms with van der Waals surface area (Å²) in [7, 11) is -2.01. The maximum Gasteiger partial charge on any atom is 0.410 e. The zero-order valence-corrected chi connectivity index (χ0v) is 12.6. The van der Waals surface area contributed by atoms with Crippen molar-refractivity contribution in [3.05, 3.63) is 35.9 Å². The summed E-state index contributed by atoms with van der Waals surface area (Å²) in [5.41, 5.74) is 0.977. The van der Waals surface area contributed by atoms with E-state index in [0.29, 0.717) is 19.7 Å². The molecule has 1 fully saturated rings. The van der Waals surface area contributed by atoms with Crippen molar-refractivity contribution >= 4 is 21.5 Å². The van der Waals surface area contributed by atoms with Gasteiger partial charge in [0.2, 0.25) is 0 Å². The van der Waals surface area contributed by atoms with Crippen molar-refractivity contribution in [2.75, 3.05) is 19.3 Å². The summed E-state index contributed by atoms with van der Waals surface area (Å²) in [5, 5.41) is 0.112. The van der Waals surface area contributed by atoms with Crippen LogP contribution in [0.5, 0.6) is 0 Å². The number of rotatable bonds is 3. The summed E-state index contributed by atoms with van der Waals surface area (Å²) >= 11 is 0. The molecule has 0 bridgehead atoms. The Morgan fingerprint density at radius 3 is 2.50 bits per heavy atom. The highest BCUT2D eigenvalue weighted by atomic mass is 32.2. The molecule has 20 heavy (non-hydrogen) atoms. The summed E-state index contributed by atoms with van der Waals surface area (Å²) in [6, 6.07) is 9.61. The van der Waals surface area contributed by atoms with Crippen LogP contribution in [0.1, 0.15) is 18.4 Å². The Labute approximate surface area is 120 Å². The van der Waals surface area contributed by atoms with E-state index < -0.39 is 9.52 Å². The molecule has 110 valence electrons. The van der Waals surface area contributed by atoms with Crippen LogP contribution in [-0.2, 0) is 20.9 Å². The minimum atomic E-state index is -2.01. The Balaban J connectivity index is 1.80. The van der Waals surface area contributed by atoms with Gasteiger partial charge in [-0.15, -0.1) is 0 Å². The monoisotopic (exact) mass is 295 g/mol. The Morgan fingerprint density at radius 1 is 1.35 bits per heavy atom. The summed E-state index contributed by atoms with van der Waals surface area (Å²) in [5.74, 6) is 3.73. The Hall–Kier alpha value is -1.49. The lowest BCUT2D eigenvalue weighted by Crippen LogP contribution is -2.42. The van der Waals surface area contributed by atoms with E-state index in [1.165, 1.54) is 0 Å². The zero-order valence-electron chi connectivity index (χ0n) is 11.8. The molecule has 0 aromatic heterocycles. The van der Waals surface area contributed by atoms with E-state index in [0.717, 1.165) is 18.4 Å². The Morgan fingerprint density at radius 2 is 1.95 bits per heavy atom. The topological polar surface area (TPSA) is 46.6 Å². The van der Waals surface area contributed by atoms with Gasteiger partial charge in [0.1, 0.15) is 6.61 Å². The van der Waals surface area contributed by atoms with Gasteiger partial charge in [-0.1, -0.05) is 30.3 Å². The molecule has 5 heteroatoms. The van der Waals surface area contributed by atoms with E-state index in [-0.39, 0.29) is 11.3 Å². The lowest BCUT2D eigenvalue weighted by atomic mass is 10.1. The van der Waals surface area contributed by atoms with Gasteiger partial charge in [0.15, 0.2) is 0 Å². The van der Waals surface area contributed by atoms with Gasteiger partial charge >= 0.3 is 6.09 Å². The molecular formula is C15H21NO3S. The van der Waals surface area contributed by atoms with Crippen molar-refractivity contribution in [1.82, 2.24) is 4.90 Å². The standard InChI is InChI=1S/C15H21NO3S/c1-20(2,18)14-8-10-16(11-9-14)15(17)19-12-13-6-4-3-5-7-13/h3-7,14H,1,8-12H2,2H3. The van der Waals surface area contributed by atoms with Gasteiger partial charge in [-0.3, -0.25) is 4.21 Å². The van der Waals surface area contributed by atoms with E-state index in [4.69, 9.17) is 4.74 Å². The molecule has 1 aliphatic heterocycles. The third-order valence-corrected chi connectivity index (χ3v) is 5.49. The molecular weight excluding hydrogens is 274 g/mol. The third-order valence-electron chi connectivity index (χ3n) is 3.61. The van der Waals surface area contributed by atoms with Crippen LogP contribution in [0.3, 0.4) is 0 Å². The molecule has 1 saturated heterocycles. The highest BCUT2D eigenvalue weighted by molar-refractivity contribution is 8.00. The Bertz CT molecular complexity index is 546. The van der Waals surface area contributed by atoms with E-state index in [2.05, 4.69) is 5.87 Å². The van der Waals surface area contributed by atoms with Crippen molar-refractivity contribution in [1.29, 1.82) is 0 Å². The quantitative estimate of drug-likeness (QED) is 0.803. The molecule has 1 aliphatic rings. The summed E-state index contributed by atoms with van der Waals surface area (Å²) in [6.07, 6.45) is 2.87. The number of piperidine rings is 1. The van der Waals surface area contributed by atoms with Gasteiger partial charge in [-0.05, 0) is 33.8 Å². The van der Waals surface area contributed by atoms with E-state index in [1.807, 2.05) is 30.3 Å². The number of hydrogen-bond acceptors (Lipinski definition) is 3. The molecule has 1 heterocycles. The van der Waals surface area contributed by atoms with Gasteiger partial charge in [0, 0.05) is 24.6 Å². The number of ether oxygens (including phenoxy) is 1. The van der Waals surface area contributed by atoms with Crippen LogP contribution in [0.2, 0.25) is 0 Å².